The van der Waals surface area contributed by atoms with E-state index in [0.717, 1.165) is 17.5 Å². The second-order valence-corrected chi connectivity index (χ2v) is 10.5. The molecular weight excluding hydrogens is 496 g/mol. The topological polar surface area (TPSA) is 59.1 Å². The Morgan fingerprint density at radius 3 is 2.69 bits per heavy atom. The molecule has 0 saturated carbocycles. The molecule has 0 bridgehead atoms. The average molecular weight is 527 g/mol. The highest BCUT2D eigenvalue weighted by Crippen LogP contribution is 2.34. The molecule has 1 aliphatic rings. The van der Waals surface area contributed by atoms with Gasteiger partial charge in [-0.2, -0.15) is 0 Å². The number of methoxy groups -OCH3 is 1. The Morgan fingerprint density at radius 2 is 1.97 bits per heavy atom. The monoisotopic (exact) mass is 526 g/mol. The summed E-state index contributed by atoms with van der Waals surface area (Å²) in [5, 5.41) is 2.75. The fraction of sp³-hybridized carbons (Fsp3) is 0.357. The molecule has 6 nitrogen and oxygen atoms in total. The van der Waals surface area contributed by atoms with Crippen molar-refractivity contribution in [3.63, 3.8) is 0 Å². The molecule has 0 saturated heterocycles. The third-order valence-electron chi connectivity index (χ3n) is 6.46. The third kappa shape index (κ3) is 5.68. The number of nitrogens with zero attached hydrogens (tertiary/aromatic N) is 2. The first-order valence-corrected chi connectivity index (χ1v) is 13.2. The third-order valence-corrected chi connectivity index (χ3v) is 7.88. The lowest BCUT2D eigenvalue weighted by Gasteiger charge is -2.37. The van der Waals surface area contributed by atoms with Gasteiger partial charge in [-0.1, -0.05) is 17.7 Å². The smallest absolute Gasteiger partial charge is 0.254 e. The van der Waals surface area contributed by atoms with Gasteiger partial charge in [0.1, 0.15) is 24.7 Å². The lowest BCUT2D eigenvalue weighted by molar-refractivity contribution is -0.136. The van der Waals surface area contributed by atoms with Gasteiger partial charge in [0.05, 0.1) is 13.2 Å². The molecule has 2 amide bonds. The lowest BCUT2D eigenvalue weighted by Crippen LogP contribution is -2.49. The van der Waals surface area contributed by atoms with Crippen LogP contribution in [0.2, 0.25) is 5.02 Å². The number of aryl methyl sites for hydroxylation is 1. The normalized spacial score (nSPS) is 14.9. The van der Waals surface area contributed by atoms with Crippen LogP contribution < -0.4 is 9.47 Å². The van der Waals surface area contributed by atoms with Crippen molar-refractivity contribution in [3.05, 3.63) is 80.5 Å². The molecule has 0 radical (unpaired) electrons. The highest BCUT2D eigenvalue weighted by atomic mass is 35.5. The van der Waals surface area contributed by atoms with Crippen molar-refractivity contribution < 1.29 is 19.1 Å². The number of fused-ring (bicyclic) bond motifs is 1. The largest absolute Gasteiger partial charge is 0.497 e. The Labute approximate surface area is 221 Å². The van der Waals surface area contributed by atoms with Crippen molar-refractivity contribution in [1.82, 2.24) is 9.80 Å². The number of halogens is 1. The predicted molar refractivity (Wildman–Crippen MR) is 143 cm³/mol. The summed E-state index contributed by atoms with van der Waals surface area (Å²) >= 11 is 7.87. The van der Waals surface area contributed by atoms with Crippen molar-refractivity contribution in [2.24, 2.45) is 0 Å². The van der Waals surface area contributed by atoms with Crippen LogP contribution in [0, 0.1) is 6.92 Å². The standard InChI is InChI=1S/C28H31ClN2O4S/c1-18(2)31(28(33)20-6-5-7-21(15-20)34-4)16-27(32)30-12-10-26-23(11-13-36-26)25(30)17-35-22-8-9-24(29)19(3)14-22/h5-9,11,13-15,18,25H,10,12,16-17H2,1-4H3. The summed E-state index contributed by atoms with van der Waals surface area (Å²) in [5.41, 5.74) is 2.54. The SMILES string of the molecule is COc1cccc(C(=O)N(CC(=O)N2CCc3sccc3C2COc2ccc(Cl)c(C)c2)C(C)C)c1. The van der Waals surface area contributed by atoms with Gasteiger partial charge in [0.15, 0.2) is 0 Å². The van der Waals surface area contributed by atoms with Crippen molar-refractivity contribution in [2.45, 2.75) is 39.3 Å². The van der Waals surface area contributed by atoms with Crippen LogP contribution >= 0.6 is 22.9 Å². The van der Waals surface area contributed by atoms with Crippen molar-refractivity contribution in [2.75, 3.05) is 26.8 Å². The number of thiophene rings is 1. The van der Waals surface area contributed by atoms with Crippen molar-refractivity contribution in [1.29, 1.82) is 0 Å². The van der Waals surface area contributed by atoms with Crippen LogP contribution in [-0.2, 0) is 11.2 Å². The molecule has 8 heteroatoms. The van der Waals surface area contributed by atoms with Gasteiger partial charge < -0.3 is 19.3 Å². The van der Waals surface area contributed by atoms with Gasteiger partial charge in [0.2, 0.25) is 5.91 Å². The van der Waals surface area contributed by atoms with Gasteiger partial charge in [-0.25, -0.2) is 0 Å². The zero-order valence-corrected chi connectivity index (χ0v) is 22.6. The van der Waals surface area contributed by atoms with Crippen molar-refractivity contribution in [3.8, 4) is 11.5 Å². The van der Waals surface area contributed by atoms with E-state index in [0.29, 0.717) is 35.2 Å². The minimum Gasteiger partial charge on any atom is -0.497 e. The number of benzene rings is 2. The van der Waals surface area contributed by atoms with E-state index in [1.54, 1.807) is 47.6 Å². The van der Waals surface area contributed by atoms with Gasteiger partial charge in [0, 0.05) is 28.0 Å². The molecule has 190 valence electrons. The zero-order chi connectivity index (χ0) is 25.8. The second-order valence-electron chi connectivity index (χ2n) is 9.13. The van der Waals surface area contributed by atoms with Gasteiger partial charge >= 0.3 is 0 Å². The summed E-state index contributed by atoms with van der Waals surface area (Å²) in [5.74, 6) is 1.02. The van der Waals surface area contributed by atoms with Crippen LogP contribution in [0.15, 0.2) is 53.9 Å². The van der Waals surface area contributed by atoms with Gasteiger partial charge in [-0.3, -0.25) is 9.59 Å². The number of amides is 2. The number of carbonyl (C=O) groups excluding carboxylic acids is 2. The summed E-state index contributed by atoms with van der Waals surface area (Å²) in [4.78, 5) is 31.7. The Hall–Kier alpha value is -3.03. The Balaban J connectivity index is 1.53. The quantitative estimate of drug-likeness (QED) is 0.373. The molecule has 2 heterocycles. The van der Waals surface area contributed by atoms with E-state index in [4.69, 9.17) is 21.1 Å². The van der Waals surface area contributed by atoms with Crippen LogP contribution in [0.4, 0.5) is 0 Å². The molecule has 36 heavy (non-hydrogen) atoms. The summed E-state index contributed by atoms with van der Waals surface area (Å²) in [6, 6.07) is 14.3. The molecule has 2 aromatic carbocycles. The maximum absolute atomic E-state index is 13.7. The summed E-state index contributed by atoms with van der Waals surface area (Å²) in [7, 11) is 1.57. The highest BCUT2D eigenvalue weighted by Gasteiger charge is 2.34. The molecule has 4 rings (SSSR count). The minimum absolute atomic E-state index is 0.0102. The highest BCUT2D eigenvalue weighted by molar-refractivity contribution is 7.10. The Kier molecular flexibility index (Phi) is 8.21. The number of hydrogen-bond donors (Lipinski definition) is 0. The Morgan fingerprint density at radius 1 is 1.17 bits per heavy atom. The van der Waals surface area contributed by atoms with E-state index in [2.05, 4.69) is 11.4 Å². The molecule has 0 spiro atoms. The van der Waals surface area contributed by atoms with E-state index >= 15 is 0 Å². The summed E-state index contributed by atoms with van der Waals surface area (Å²) in [6.07, 6.45) is 0.792. The summed E-state index contributed by atoms with van der Waals surface area (Å²) < 4.78 is 11.4. The van der Waals surface area contributed by atoms with Crippen LogP contribution in [0.5, 0.6) is 11.5 Å². The summed E-state index contributed by atoms with van der Waals surface area (Å²) in [6.45, 7) is 6.66. The first-order valence-electron chi connectivity index (χ1n) is 12.0. The molecule has 1 aromatic heterocycles. The van der Waals surface area contributed by atoms with Gasteiger partial charge in [-0.05, 0) is 86.2 Å². The number of hydrogen-bond acceptors (Lipinski definition) is 5. The number of ether oxygens (including phenoxy) is 2. The molecule has 1 atom stereocenters. The van der Waals surface area contributed by atoms with E-state index in [9.17, 15) is 9.59 Å². The second kappa shape index (κ2) is 11.4. The van der Waals surface area contributed by atoms with Crippen molar-refractivity contribution >= 4 is 34.8 Å². The maximum atomic E-state index is 13.7. The van der Waals surface area contributed by atoms with E-state index in [1.807, 2.05) is 43.9 Å². The molecule has 0 N–H and O–H groups in total. The molecule has 1 aliphatic heterocycles. The molecule has 0 aliphatic carbocycles. The zero-order valence-electron chi connectivity index (χ0n) is 21.0. The lowest BCUT2D eigenvalue weighted by atomic mass is 10.00. The minimum atomic E-state index is -0.232. The van der Waals surface area contributed by atoms with E-state index in [-0.39, 0.29) is 30.4 Å². The Bertz CT molecular complexity index is 1240. The van der Waals surface area contributed by atoms with Crippen LogP contribution in [0.3, 0.4) is 0 Å². The van der Waals surface area contributed by atoms with Gasteiger partial charge in [-0.15, -0.1) is 11.3 Å². The van der Waals surface area contributed by atoms with Gasteiger partial charge in [0.25, 0.3) is 5.91 Å². The van der Waals surface area contributed by atoms with E-state index < -0.39 is 0 Å². The first-order chi connectivity index (χ1) is 17.3. The fourth-order valence-corrected chi connectivity index (χ4v) is 5.45. The first kappa shape index (κ1) is 26.0. The molecule has 1 unspecified atom stereocenters. The molecular formula is C28H31ClN2O4S. The van der Waals surface area contributed by atoms with Crippen LogP contribution in [0.1, 0.15) is 46.3 Å². The predicted octanol–water partition coefficient (Wildman–Crippen LogP) is 5.77. The van der Waals surface area contributed by atoms with Crippen LogP contribution in [0.25, 0.3) is 0 Å². The van der Waals surface area contributed by atoms with E-state index in [1.165, 1.54) is 4.88 Å². The average Bonchev–Trinajstić information content (AvgIpc) is 3.36. The maximum Gasteiger partial charge on any atom is 0.254 e. The van der Waals surface area contributed by atoms with Crippen LogP contribution in [-0.4, -0.2) is 54.5 Å². The number of rotatable bonds is 8. The molecule has 3 aromatic rings. The molecule has 0 fully saturated rings. The fourth-order valence-electron chi connectivity index (χ4n) is 4.40. The number of carbonyl (C=O) groups is 2.